The first-order valence-corrected chi connectivity index (χ1v) is 4.63. The van der Waals surface area contributed by atoms with Crippen LogP contribution in [0.3, 0.4) is 0 Å². The molecule has 0 bridgehead atoms. The lowest BCUT2D eigenvalue weighted by Crippen LogP contribution is -2.36. The van der Waals surface area contributed by atoms with E-state index in [0.29, 0.717) is 19.6 Å². The highest BCUT2D eigenvalue weighted by Crippen LogP contribution is 2.13. The molecule has 15 heavy (non-hydrogen) atoms. The Morgan fingerprint density at radius 2 is 2.20 bits per heavy atom. The first kappa shape index (κ1) is 9.70. The number of carboxylic acids is 1. The van der Waals surface area contributed by atoms with E-state index in [0.717, 1.165) is 5.69 Å². The second-order valence-corrected chi connectivity index (χ2v) is 3.49. The maximum atomic E-state index is 11.1. The van der Waals surface area contributed by atoms with Gasteiger partial charge in [-0.15, -0.1) is 0 Å². The molecule has 1 aliphatic rings. The molecular weight excluding hydrogens is 198 g/mol. The topological polar surface area (TPSA) is 75.4 Å². The van der Waals surface area contributed by atoms with E-state index in [9.17, 15) is 9.59 Å². The second-order valence-electron chi connectivity index (χ2n) is 3.49. The lowest BCUT2D eigenvalue weighted by atomic mass is 10.3. The summed E-state index contributed by atoms with van der Waals surface area (Å²) in [6.45, 7) is 3.09. The predicted molar refractivity (Wildman–Crippen MR) is 50.3 cm³/mol. The molecule has 0 atom stereocenters. The van der Waals surface area contributed by atoms with Crippen molar-refractivity contribution in [2.24, 2.45) is 0 Å². The number of carbonyl (C=O) groups is 2. The molecule has 1 aliphatic heterocycles. The van der Waals surface area contributed by atoms with Crippen LogP contribution in [-0.4, -0.2) is 38.2 Å². The van der Waals surface area contributed by atoms with E-state index >= 15 is 0 Å². The summed E-state index contributed by atoms with van der Waals surface area (Å²) in [4.78, 5) is 23.5. The minimum atomic E-state index is -1.04. The molecule has 0 saturated carbocycles. The van der Waals surface area contributed by atoms with E-state index in [1.54, 1.807) is 9.58 Å². The Balaban J connectivity index is 2.26. The van der Waals surface area contributed by atoms with Crippen LogP contribution in [0.5, 0.6) is 0 Å². The van der Waals surface area contributed by atoms with Crippen LogP contribution in [0.4, 0.5) is 0 Å². The number of hydrogen-bond acceptors (Lipinski definition) is 3. The molecule has 1 amide bonds. The average Bonchev–Trinajstić information content (AvgIpc) is 2.59. The first-order chi connectivity index (χ1) is 7.08. The molecule has 2 heterocycles. The van der Waals surface area contributed by atoms with Crippen molar-refractivity contribution in [3.8, 4) is 0 Å². The molecule has 0 aliphatic carbocycles. The molecular formula is C9H11N3O3. The Bertz CT molecular complexity index is 424. The number of carbonyl (C=O) groups excluding carboxylic acids is 1. The van der Waals surface area contributed by atoms with Crippen molar-refractivity contribution in [3.63, 3.8) is 0 Å². The fourth-order valence-corrected chi connectivity index (χ4v) is 1.64. The van der Waals surface area contributed by atoms with Gasteiger partial charge in [-0.25, -0.2) is 4.79 Å². The van der Waals surface area contributed by atoms with Gasteiger partial charge >= 0.3 is 5.97 Å². The van der Waals surface area contributed by atoms with Gasteiger partial charge in [0.05, 0.1) is 18.8 Å². The molecule has 1 aromatic heterocycles. The number of nitrogens with zero attached hydrogens (tertiary/aromatic N) is 3. The normalized spacial score (nSPS) is 14.9. The van der Waals surface area contributed by atoms with Crippen LogP contribution in [-0.2, 0) is 17.9 Å². The summed E-state index contributed by atoms with van der Waals surface area (Å²) in [7, 11) is 0. The summed E-state index contributed by atoms with van der Waals surface area (Å²) in [5, 5.41) is 12.7. The van der Waals surface area contributed by atoms with Crippen molar-refractivity contribution in [1.29, 1.82) is 0 Å². The van der Waals surface area contributed by atoms with Crippen molar-refractivity contribution in [3.05, 3.63) is 17.5 Å². The summed E-state index contributed by atoms with van der Waals surface area (Å²) in [6, 6.07) is 1.51. The molecule has 6 nitrogen and oxygen atoms in total. The maximum Gasteiger partial charge on any atom is 0.356 e. The zero-order valence-corrected chi connectivity index (χ0v) is 8.30. The van der Waals surface area contributed by atoms with E-state index < -0.39 is 5.97 Å². The minimum absolute atomic E-state index is 0.000625. The van der Waals surface area contributed by atoms with Crippen molar-refractivity contribution < 1.29 is 14.7 Å². The Kier molecular flexibility index (Phi) is 2.18. The fraction of sp³-hybridized carbons (Fsp3) is 0.444. The highest BCUT2D eigenvalue weighted by Gasteiger charge is 2.21. The van der Waals surface area contributed by atoms with Gasteiger partial charge in [0.25, 0.3) is 0 Å². The summed E-state index contributed by atoms with van der Waals surface area (Å²) < 4.78 is 1.64. The molecule has 0 saturated heterocycles. The van der Waals surface area contributed by atoms with Gasteiger partial charge in [0.1, 0.15) is 0 Å². The average molecular weight is 209 g/mol. The van der Waals surface area contributed by atoms with E-state index in [1.807, 2.05) is 0 Å². The maximum absolute atomic E-state index is 11.1. The van der Waals surface area contributed by atoms with Gasteiger partial charge in [-0.1, -0.05) is 0 Å². The number of aromatic carboxylic acids is 1. The third kappa shape index (κ3) is 1.70. The molecule has 0 fully saturated rings. The largest absolute Gasteiger partial charge is 0.476 e. The zero-order valence-electron chi connectivity index (χ0n) is 8.30. The Hall–Kier alpha value is -1.85. The van der Waals surface area contributed by atoms with E-state index in [4.69, 9.17) is 5.11 Å². The fourth-order valence-electron chi connectivity index (χ4n) is 1.64. The number of carboxylic acid groups (broad SMARTS) is 1. The van der Waals surface area contributed by atoms with Gasteiger partial charge < -0.3 is 10.0 Å². The number of fused-ring (bicyclic) bond motifs is 1. The van der Waals surface area contributed by atoms with E-state index in [-0.39, 0.29) is 11.6 Å². The second kappa shape index (κ2) is 3.38. The summed E-state index contributed by atoms with van der Waals surface area (Å²) in [6.07, 6.45) is 0. The molecule has 0 spiro atoms. The van der Waals surface area contributed by atoms with Crippen LogP contribution in [0, 0.1) is 0 Å². The number of hydrogen-bond donors (Lipinski definition) is 1. The minimum Gasteiger partial charge on any atom is -0.476 e. The quantitative estimate of drug-likeness (QED) is 0.703. The van der Waals surface area contributed by atoms with Crippen LogP contribution in [0.25, 0.3) is 0 Å². The SMILES string of the molecule is CC(=O)N1CCn2nc(C(=O)O)cc2C1. The van der Waals surface area contributed by atoms with Gasteiger partial charge in [-0.05, 0) is 6.07 Å². The zero-order chi connectivity index (χ0) is 11.0. The lowest BCUT2D eigenvalue weighted by Gasteiger charge is -2.26. The highest BCUT2D eigenvalue weighted by atomic mass is 16.4. The summed E-state index contributed by atoms with van der Waals surface area (Å²) in [5.74, 6) is -1.04. The van der Waals surface area contributed by atoms with Gasteiger partial charge in [-0.3, -0.25) is 9.48 Å². The van der Waals surface area contributed by atoms with Gasteiger partial charge in [-0.2, -0.15) is 5.10 Å². The lowest BCUT2D eigenvalue weighted by molar-refractivity contribution is -0.130. The van der Waals surface area contributed by atoms with Crippen molar-refractivity contribution in [1.82, 2.24) is 14.7 Å². The Labute approximate surface area is 86.1 Å². The van der Waals surface area contributed by atoms with Crippen molar-refractivity contribution in [2.45, 2.75) is 20.0 Å². The third-order valence-electron chi connectivity index (χ3n) is 2.46. The standard InChI is InChI=1S/C9H11N3O3/c1-6(13)11-2-3-12-7(5-11)4-8(10-12)9(14)15/h4H,2-3,5H2,1H3,(H,14,15). The van der Waals surface area contributed by atoms with Gasteiger partial charge in [0, 0.05) is 13.5 Å². The third-order valence-corrected chi connectivity index (χ3v) is 2.46. The molecule has 0 aromatic carbocycles. The van der Waals surface area contributed by atoms with Crippen LogP contribution in [0.2, 0.25) is 0 Å². The number of amides is 1. The van der Waals surface area contributed by atoms with Crippen molar-refractivity contribution in [2.75, 3.05) is 6.54 Å². The Morgan fingerprint density at radius 3 is 2.80 bits per heavy atom. The van der Waals surface area contributed by atoms with E-state index in [2.05, 4.69) is 5.10 Å². The van der Waals surface area contributed by atoms with Gasteiger partial charge in [0.2, 0.25) is 5.91 Å². The van der Waals surface area contributed by atoms with Gasteiger partial charge in [0.15, 0.2) is 5.69 Å². The molecule has 1 N–H and O–H groups in total. The monoisotopic (exact) mass is 209 g/mol. The molecule has 0 radical (unpaired) electrons. The molecule has 0 unspecified atom stereocenters. The smallest absolute Gasteiger partial charge is 0.356 e. The first-order valence-electron chi connectivity index (χ1n) is 4.63. The predicted octanol–water partition coefficient (Wildman–Crippen LogP) is -0.0566. The molecule has 6 heteroatoms. The molecule has 2 rings (SSSR count). The van der Waals surface area contributed by atoms with Crippen LogP contribution in [0.15, 0.2) is 6.07 Å². The highest BCUT2D eigenvalue weighted by molar-refractivity contribution is 5.85. The van der Waals surface area contributed by atoms with Crippen LogP contribution < -0.4 is 0 Å². The molecule has 80 valence electrons. The Morgan fingerprint density at radius 1 is 1.47 bits per heavy atom. The van der Waals surface area contributed by atoms with Crippen molar-refractivity contribution >= 4 is 11.9 Å². The van der Waals surface area contributed by atoms with Crippen LogP contribution in [0.1, 0.15) is 23.1 Å². The van der Waals surface area contributed by atoms with Crippen LogP contribution >= 0.6 is 0 Å². The summed E-state index contributed by atoms with van der Waals surface area (Å²) in [5.41, 5.74) is 0.809. The number of rotatable bonds is 1. The molecule has 1 aromatic rings. The summed E-state index contributed by atoms with van der Waals surface area (Å²) >= 11 is 0. The number of aromatic nitrogens is 2. The van der Waals surface area contributed by atoms with E-state index in [1.165, 1.54) is 13.0 Å².